The average molecular weight is 415 g/mol. The van der Waals surface area contributed by atoms with Gasteiger partial charge in [0.25, 0.3) is 0 Å². The maximum Gasteiger partial charge on any atom is 0.331 e. The quantitative estimate of drug-likeness (QED) is 0.180. The largest absolute Gasteiger partial charge is 0.458 e. The summed E-state index contributed by atoms with van der Waals surface area (Å²) in [6.07, 6.45) is 11.8. The second-order valence-corrected chi connectivity index (χ2v) is 7.27. The number of hydrogen-bond donors (Lipinski definition) is 0. The van der Waals surface area contributed by atoms with Gasteiger partial charge in [0.15, 0.2) is 0 Å². The Balaban J connectivity index is 2.21. The zero-order chi connectivity index (χ0) is 21.2. The van der Waals surface area contributed by atoms with Crippen LogP contribution in [0.4, 0.5) is 0 Å². The van der Waals surface area contributed by atoms with Crippen LogP contribution in [0.5, 0.6) is 0 Å². The first-order chi connectivity index (χ1) is 14.2. The summed E-state index contributed by atoms with van der Waals surface area (Å²) in [6, 6.07) is 0. The third kappa shape index (κ3) is 13.4. The van der Waals surface area contributed by atoms with Crippen molar-refractivity contribution in [3.63, 3.8) is 0 Å². The summed E-state index contributed by atoms with van der Waals surface area (Å²) < 4.78 is 26.0. The lowest BCUT2D eigenvalue weighted by atomic mass is 10.1. The van der Waals surface area contributed by atoms with Gasteiger partial charge >= 0.3 is 11.9 Å². The molecule has 0 radical (unpaired) electrons. The standard InChI is InChI=1S/C22H38O7/c1-3-4-5-6-7-8-9-10-11-12-21(23)29-20(19-15-22(24)28-16-19)17-27-18-26-14-13-25-2/h15,20H,3-14,16-18H2,1-2H3. The summed E-state index contributed by atoms with van der Waals surface area (Å²) in [5.41, 5.74) is 0.618. The van der Waals surface area contributed by atoms with Gasteiger partial charge in [-0.15, -0.1) is 0 Å². The van der Waals surface area contributed by atoms with Gasteiger partial charge in [-0.05, 0) is 6.42 Å². The van der Waals surface area contributed by atoms with Crippen LogP contribution in [-0.4, -0.2) is 58.4 Å². The fourth-order valence-corrected chi connectivity index (χ4v) is 3.00. The Hall–Kier alpha value is -1.44. The molecule has 29 heavy (non-hydrogen) atoms. The molecule has 0 aromatic heterocycles. The van der Waals surface area contributed by atoms with Crippen molar-refractivity contribution < 1.29 is 33.3 Å². The second kappa shape index (κ2) is 17.4. The zero-order valence-electron chi connectivity index (χ0n) is 18.1. The molecule has 1 aliphatic heterocycles. The van der Waals surface area contributed by atoms with Gasteiger partial charge in [0, 0.05) is 25.2 Å². The molecule has 0 N–H and O–H groups in total. The predicted molar refractivity (Wildman–Crippen MR) is 109 cm³/mol. The van der Waals surface area contributed by atoms with Crippen LogP contribution >= 0.6 is 0 Å². The number of unbranched alkanes of at least 4 members (excludes halogenated alkanes) is 8. The van der Waals surface area contributed by atoms with E-state index in [2.05, 4.69) is 6.92 Å². The van der Waals surface area contributed by atoms with Crippen molar-refractivity contribution in [3.8, 4) is 0 Å². The molecule has 0 bridgehead atoms. The molecule has 1 heterocycles. The molecule has 1 rings (SSSR count). The molecule has 0 aromatic rings. The van der Waals surface area contributed by atoms with E-state index in [0.717, 1.165) is 19.3 Å². The van der Waals surface area contributed by atoms with E-state index in [1.807, 2.05) is 0 Å². The second-order valence-electron chi connectivity index (χ2n) is 7.27. The first-order valence-corrected chi connectivity index (χ1v) is 10.9. The van der Waals surface area contributed by atoms with E-state index >= 15 is 0 Å². The first-order valence-electron chi connectivity index (χ1n) is 10.9. The van der Waals surface area contributed by atoms with Crippen molar-refractivity contribution in [3.05, 3.63) is 11.6 Å². The highest BCUT2D eigenvalue weighted by Gasteiger charge is 2.25. The molecule has 7 nitrogen and oxygen atoms in total. The molecule has 1 unspecified atom stereocenters. The van der Waals surface area contributed by atoms with E-state index in [1.165, 1.54) is 44.6 Å². The van der Waals surface area contributed by atoms with Crippen molar-refractivity contribution in [2.24, 2.45) is 0 Å². The molecule has 0 saturated heterocycles. The molecule has 7 heteroatoms. The monoisotopic (exact) mass is 414 g/mol. The number of carbonyl (C=O) groups is 2. The Labute approximate surface area is 175 Å². The van der Waals surface area contributed by atoms with Gasteiger partial charge in [0.05, 0.1) is 19.8 Å². The van der Waals surface area contributed by atoms with Gasteiger partial charge in [-0.25, -0.2) is 4.79 Å². The summed E-state index contributed by atoms with van der Waals surface area (Å²) in [5.74, 6) is -0.696. The number of rotatable bonds is 19. The number of carbonyl (C=O) groups excluding carboxylic acids is 2. The molecule has 0 amide bonds. The molecule has 1 atom stereocenters. The van der Waals surface area contributed by atoms with Crippen molar-refractivity contribution >= 4 is 11.9 Å². The van der Waals surface area contributed by atoms with Crippen LogP contribution in [0.2, 0.25) is 0 Å². The molecule has 1 aliphatic rings. The maximum atomic E-state index is 12.2. The average Bonchev–Trinajstić information content (AvgIpc) is 3.14. The van der Waals surface area contributed by atoms with E-state index in [4.69, 9.17) is 23.7 Å². The van der Waals surface area contributed by atoms with E-state index in [1.54, 1.807) is 7.11 Å². The summed E-state index contributed by atoms with van der Waals surface area (Å²) in [6.45, 7) is 3.44. The van der Waals surface area contributed by atoms with Crippen LogP contribution in [-0.2, 0) is 33.3 Å². The molecule has 0 aromatic carbocycles. The van der Waals surface area contributed by atoms with Crippen LogP contribution in [0.1, 0.15) is 71.1 Å². The molecule has 168 valence electrons. The number of hydrogen-bond acceptors (Lipinski definition) is 7. The van der Waals surface area contributed by atoms with Gasteiger partial charge in [0.1, 0.15) is 19.5 Å². The molecular formula is C22H38O7. The number of esters is 2. The minimum Gasteiger partial charge on any atom is -0.458 e. The highest BCUT2D eigenvalue weighted by Crippen LogP contribution is 2.16. The summed E-state index contributed by atoms with van der Waals surface area (Å²) >= 11 is 0. The normalized spacial score (nSPS) is 14.6. The Morgan fingerprint density at radius 2 is 1.72 bits per heavy atom. The Morgan fingerprint density at radius 3 is 2.34 bits per heavy atom. The van der Waals surface area contributed by atoms with Crippen molar-refractivity contribution in [2.75, 3.05) is 40.3 Å². The van der Waals surface area contributed by atoms with Gasteiger partial charge in [-0.2, -0.15) is 0 Å². The van der Waals surface area contributed by atoms with Gasteiger partial charge in [-0.3, -0.25) is 4.79 Å². The van der Waals surface area contributed by atoms with Crippen molar-refractivity contribution in [2.45, 2.75) is 77.2 Å². The van der Waals surface area contributed by atoms with Crippen LogP contribution < -0.4 is 0 Å². The molecule has 0 aliphatic carbocycles. The van der Waals surface area contributed by atoms with Crippen molar-refractivity contribution in [1.29, 1.82) is 0 Å². The summed E-state index contributed by atoms with van der Waals surface area (Å²) in [7, 11) is 1.59. The Morgan fingerprint density at radius 1 is 1.03 bits per heavy atom. The molecule has 0 saturated carbocycles. The van der Waals surface area contributed by atoms with Gasteiger partial charge in [0.2, 0.25) is 0 Å². The fourth-order valence-electron chi connectivity index (χ4n) is 3.00. The predicted octanol–water partition coefficient (Wildman–Crippen LogP) is 3.94. The topological polar surface area (TPSA) is 80.3 Å². The number of ether oxygens (including phenoxy) is 5. The number of cyclic esters (lactones) is 1. The Kier molecular flexibility index (Phi) is 15.4. The third-order valence-electron chi connectivity index (χ3n) is 4.72. The molecular weight excluding hydrogens is 376 g/mol. The van der Waals surface area contributed by atoms with E-state index in [0.29, 0.717) is 25.2 Å². The van der Waals surface area contributed by atoms with Crippen LogP contribution in [0.3, 0.4) is 0 Å². The smallest absolute Gasteiger partial charge is 0.331 e. The van der Waals surface area contributed by atoms with E-state index in [9.17, 15) is 9.59 Å². The lowest BCUT2D eigenvalue weighted by molar-refractivity contribution is -0.153. The highest BCUT2D eigenvalue weighted by molar-refractivity contribution is 5.85. The van der Waals surface area contributed by atoms with Gasteiger partial charge in [-0.1, -0.05) is 58.3 Å². The molecule has 0 spiro atoms. The number of methoxy groups -OCH3 is 1. The zero-order valence-corrected chi connectivity index (χ0v) is 18.1. The SMILES string of the molecule is CCCCCCCCCCCC(=O)OC(COCOCCOC)C1=CC(=O)OC1. The van der Waals surface area contributed by atoms with Crippen molar-refractivity contribution in [1.82, 2.24) is 0 Å². The van der Waals surface area contributed by atoms with E-state index < -0.39 is 12.1 Å². The van der Waals surface area contributed by atoms with Crippen LogP contribution in [0, 0.1) is 0 Å². The third-order valence-corrected chi connectivity index (χ3v) is 4.72. The molecule has 0 fully saturated rings. The van der Waals surface area contributed by atoms with Crippen LogP contribution in [0.25, 0.3) is 0 Å². The maximum absolute atomic E-state index is 12.2. The van der Waals surface area contributed by atoms with Crippen LogP contribution in [0.15, 0.2) is 11.6 Å². The minimum atomic E-state index is -0.626. The fraction of sp³-hybridized carbons (Fsp3) is 0.818. The minimum absolute atomic E-state index is 0.0672. The lowest BCUT2D eigenvalue weighted by Gasteiger charge is -2.18. The Bertz CT molecular complexity index is 476. The van der Waals surface area contributed by atoms with E-state index in [-0.39, 0.29) is 26.0 Å². The van der Waals surface area contributed by atoms with Gasteiger partial charge < -0.3 is 23.7 Å². The summed E-state index contributed by atoms with van der Waals surface area (Å²) in [4.78, 5) is 23.5. The summed E-state index contributed by atoms with van der Waals surface area (Å²) in [5, 5.41) is 0. The first kappa shape index (κ1) is 25.6. The lowest BCUT2D eigenvalue weighted by Crippen LogP contribution is -2.27. The highest BCUT2D eigenvalue weighted by atomic mass is 16.7.